The van der Waals surface area contributed by atoms with Gasteiger partial charge in [-0.1, -0.05) is 17.7 Å². The fourth-order valence-corrected chi connectivity index (χ4v) is 1.39. The molecular formula is C13H15ClO2. The molecule has 0 saturated carbocycles. The summed E-state index contributed by atoms with van der Waals surface area (Å²) in [6, 6.07) is 7.11. The van der Waals surface area contributed by atoms with Crippen molar-refractivity contribution in [1.29, 1.82) is 0 Å². The second kappa shape index (κ2) is 6.42. The van der Waals surface area contributed by atoms with Gasteiger partial charge in [0.05, 0.1) is 0 Å². The predicted octanol–water partition coefficient (Wildman–Crippen LogP) is 2.88. The Morgan fingerprint density at radius 3 is 2.88 bits per heavy atom. The van der Waals surface area contributed by atoms with Crippen molar-refractivity contribution < 1.29 is 9.84 Å². The van der Waals surface area contributed by atoms with Crippen molar-refractivity contribution in [3.05, 3.63) is 29.3 Å². The van der Waals surface area contributed by atoms with E-state index in [2.05, 4.69) is 11.8 Å². The SMILES string of the molecule is CC#CCC(O)C(C)Oc1cccc(Cl)c1. The van der Waals surface area contributed by atoms with E-state index >= 15 is 0 Å². The van der Waals surface area contributed by atoms with Crippen LogP contribution in [0.15, 0.2) is 24.3 Å². The van der Waals surface area contributed by atoms with Gasteiger partial charge < -0.3 is 9.84 Å². The molecule has 0 amide bonds. The van der Waals surface area contributed by atoms with E-state index in [0.717, 1.165) is 0 Å². The van der Waals surface area contributed by atoms with Gasteiger partial charge in [0.1, 0.15) is 18.0 Å². The third-order valence-corrected chi connectivity index (χ3v) is 2.38. The maximum Gasteiger partial charge on any atom is 0.123 e. The van der Waals surface area contributed by atoms with E-state index in [-0.39, 0.29) is 6.10 Å². The van der Waals surface area contributed by atoms with E-state index in [1.807, 2.05) is 13.0 Å². The highest BCUT2D eigenvalue weighted by Gasteiger charge is 2.14. The molecule has 0 bridgehead atoms. The second-order valence-corrected chi connectivity index (χ2v) is 3.92. The van der Waals surface area contributed by atoms with Gasteiger partial charge in [0, 0.05) is 11.4 Å². The summed E-state index contributed by atoms with van der Waals surface area (Å²) in [6.45, 7) is 3.55. The zero-order valence-electron chi connectivity index (χ0n) is 9.40. The molecule has 0 aliphatic rings. The van der Waals surface area contributed by atoms with Crippen molar-refractivity contribution in [2.75, 3.05) is 0 Å². The van der Waals surface area contributed by atoms with E-state index < -0.39 is 6.10 Å². The second-order valence-electron chi connectivity index (χ2n) is 3.48. The van der Waals surface area contributed by atoms with Crippen LogP contribution in [-0.4, -0.2) is 17.3 Å². The molecule has 1 N–H and O–H groups in total. The molecule has 2 atom stereocenters. The highest BCUT2D eigenvalue weighted by molar-refractivity contribution is 6.30. The van der Waals surface area contributed by atoms with Crippen molar-refractivity contribution in [3.63, 3.8) is 0 Å². The highest BCUT2D eigenvalue weighted by Crippen LogP contribution is 2.19. The maximum absolute atomic E-state index is 9.72. The molecule has 16 heavy (non-hydrogen) atoms. The van der Waals surface area contributed by atoms with Crippen molar-refractivity contribution in [2.24, 2.45) is 0 Å². The summed E-state index contributed by atoms with van der Waals surface area (Å²) < 4.78 is 5.55. The Balaban J connectivity index is 2.55. The average molecular weight is 239 g/mol. The Kier molecular flexibility index (Phi) is 5.18. The van der Waals surface area contributed by atoms with Crippen LogP contribution in [0.2, 0.25) is 5.02 Å². The number of hydrogen-bond acceptors (Lipinski definition) is 2. The Morgan fingerprint density at radius 2 is 2.25 bits per heavy atom. The minimum Gasteiger partial charge on any atom is -0.488 e. The molecule has 86 valence electrons. The maximum atomic E-state index is 9.72. The van der Waals surface area contributed by atoms with Crippen LogP contribution in [0.4, 0.5) is 0 Å². The molecule has 2 nitrogen and oxygen atoms in total. The first kappa shape index (κ1) is 12.9. The van der Waals surface area contributed by atoms with E-state index in [4.69, 9.17) is 16.3 Å². The number of aliphatic hydroxyl groups excluding tert-OH is 1. The first-order valence-electron chi connectivity index (χ1n) is 5.13. The van der Waals surface area contributed by atoms with E-state index in [9.17, 15) is 5.11 Å². The molecule has 2 unspecified atom stereocenters. The molecule has 0 aromatic heterocycles. The van der Waals surface area contributed by atoms with Crippen molar-refractivity contribution >= 4 is 11.6 Å². The molecule has 0 spiro atoms. The van der Waals surface area contributed by atoms with E-state index in [1.54, 1.807) is 25.1 Å². The molecule has 0 radical (unpaired) electrons. The van der Waals surface area contributed by atoms with Gasteiger partial charge in [-0.05, 0) is 32.0 Å². The normalized spacial score (nSPS) is 13.5. The summed E-state index contributed by atoms with van der Waals surface area (Å²) >= 11 is 5.83. The third kappa shape index (κ3) is 4.14. The van der Waals surface area contributed by atoms with Crippen LogP contribution in [0.3, 0.4) is 0 Å². The van der Waals surface area contributed by atoms with E-state index in [1.165, 1.54) is 0 Å². The topological polar surface area (TPSA) is 29.5 Å². The first-order chi connectivity index (χ1) is 7.63. The number of ether oxygens (including phenoxy) is 1. The van der Waals surface area contributed by atoms with Crippen LogP contribution in [0.1, 0.15) is 20.3 Å². The lowest BCUT2D eigenvalue weighted by molar-refractivity contribution is 0.0511. The van der Waals surface area contributed by atoms with Gasteiger partial charge in [-0.15, -0.1) is 11.8 Å². The number of hydrogen-bond donors (Lipinski definition) is 1. The Labute approximate surface area is 101 Å². The molecule has 0 heterocycles. The lowest BCUT2D eigenvalue weighted by Gasteiger charge is -2.18. The quantitative estimate of drug-likeness (QED) is 0.818. The molecule has 1 rings (SSSR count). The van der Waals surface area contributed by atoms with Gasteiger partial charge >= 0.3 is 0 Å². The van der Waals surface area contributed by atoms with Crippen LogP contribution < -0.4 is 4.74 Å². The summed E-state index contributed by atoms with van der Waals surface area (Å²) in [5, 5.41) is 10.3. The van der Waals surface area contributed by atoms with Crippen LogP contribution in [0.5, 0.6) is 5.75 Å². The summed E-state index contributed by atoms with van der Waals surface area (Å²) in [5.74, 6) is 6.22. The Hall–Kier alpha value is -1.17. The third-order valence-electron chi connectivity index (χ3n) is 2.15. The molecule has 1 aromatic carbocycles. The zero-order valence-corrected chi connectivity index (χ0v) is 10.2. The summed E-state index contributed by atoms with van der Waals surface area (Å²) in [4.78, 5) is 0. The van der Waals surface area contributed by atoms with Crippen LogP contribution in [0.25, 0.3) is 0 Å². The Bertz CT molecular complexity index is 392. The van der Waals surface area contributed by atoms with Gasteiger partial charge in [0.15, 0.2) is 0 Å². The summed E-state index contributed by atoms with van der Waals surface area (Å²) in [5.41, 5.74) is 0. The van der Waals surface area contributed by atoms with Crippen LogP contribution in [-0.2, 0) is 0 Å². The van der Waals surface area contributed by atoms with Crippen LogP contribution in [0, 0.1) is 11.8 Å². The number of benzene rings is 1. The highest BCUT2D eigenvalue weighted by atomic mass is 35.5. The smallest absolute Gasteiger partial charge is 0.123 e. The lowest BCUT2D eigenvalue weighted by atomic mass is 10.1. The van der Waals surface area contributed by atoms with Gasteiger partial charge in [-0.3, -0.25) is 0 Å². The first-order valence-corrected chi connectivity index (χ1v) is 5.51. The predicted molar refractivity (Wildman–Crippen MR) is 65.6 cm³/mol. The van der Waals surface area contributed by atoms with Gasteiger partial charge in [-0.25, -0.2) is 0 Å². The Morgan fingerprint density at radius 1 is 1.50 bits per heavy atom. The molecule has 1 aromatic rings. The van der Waals surface area contributed by atoms with Crippen molar-refractivity contribution in [3.8, 4) is 17.6 Å². The molecule has 0 aliphatic heterocycles. The van der Waals surface area contributed by atoms with Gasteiger partial charge in [0.2, 0.25) is 0 Å². The van der Waals surface area contributed by atoms with Crippen molar-refractivity contribution in [1.82, 2.24) is 0 Å². The fraction of sp³-hybridized carbons (Fsp3) is 0.385. The monoisotopic (exact) mass is 238 g/mol. The van der Waals surface area contributed by atoms with Gasteiger partial charge in [0.25, 0.3) is 0 Å². The van der Waals surface area contributed by atoms with Crippen molar-refractivity contribution in [2.45, 2.75) is 32.5 Å². The lowest BCUT2D eigenvalue weighted by Crippen LogP contribution is -2.28. The molecule has 0 fully saturated rings. The van der Waals surface area contributed by atoms with E-state index in [0.29, 0.717) is 17.2 Å². The summed E-state index contributed by atoms with van der Waals surface area (Å²) in [7, 11) is 0. The average Bonchev–Trinajstić information content (AvgIpc) is 2.25. The molecule has 0 saturated heterocycles. The van der Waals surface area contributed by atoms with Gasteiger partial charge in [-0.2, -0.15) is 0 Å². The number of aliphatic hydroxyl groups is 1. The molecule has 3 heteroatoms. The zero-order chi connectivity index (χ0) is 12.0. The molecule has 0 aliphatic carbocycles. The number of halogens is 1. The minimum absolute atomic E-state index is 0.306. The fourth-order valence-electron chi connectivity index (χ4n) is 1.21. The van der Waals surface area contributed by atoms with Crippen LogP contribution >= 0.6 is 11.6 Å². The summed E-state index contributed by atoms with van der Waals surface area (Å²) in [6.07, 6.45) is -0.483. The number of rotatable bonds is 4. The minimum atomic E-state index is -0.591. The largest absolute Gasteiger partial charge is 0.488 e. The standard InChI is InChI=1S/C13H15ClO2/c1-3-4-8-13(15)10(2)16-12-7-5-6-11(14)9-12/h5-7,9-10,13,15H,8H2,1-2H3. The molecular weight excluding hydrogens is 224 g/mol.